The summed E-state index contributed by atoms with van der Waals surface area (Å²) in [6.07, 6.45) is 8.01. The summed E-state index contributed by atoms with van der Waals surface area (Å²) >= 11 is 6.67. The molecule has 2 atom stereocenters. The second-order valence-corrected chi connectivity index (χ2v) is 19.3. The number of aryl methyl sites for hydroxylation is 2. The van der Waals surface area contributed by atoms with Crippen molar-refractivity contribution in [2.75, 3.05) is 26.9 Å². The largest absolute Gasteiger partial charge is 0.438 e. The van der Waals surface area contributed by atoms with Gasteiger partial charge in [0.2, 0.25) is 0 Å². The van der Waals surface area contributed by atoms with E-state index in [0.717, 1.165) is 40.6 Å². The number of carbonyl (C=O) groups is 1. The van der Waals surface area contributed by atoms with Gasteiger partial charge in [-0.3, -0.25) is 28.1 Å². The van der Waals surface area contributed by atoms with Gasteiger partial charge in [-0.2, -0.15) is 10.2 Å². The maximum absolute atomic E-state index is 16.4. The van der Waals surface area contributed by atoms with Crippen LogP contribution in [0.4, 0.5) is 4.39 Å². The Morgan fingerprint density at radius 2 is 1.79 bits per heavy atom. The van der Waals surface area contributed by atoms with Crippen molar-refractivity contribution < 1.29 is 23.2 Å². The zero-order valence-electron chi connectivity index (χ0n) is 38.1. The predicted octanol–water partition coefficient (Wildman–Crippen LogP) is 7.82. The summed E-state index contributed by atoms with van der Waals surface area (Å²) in [6.45, 7) is 11.8. The van der Waals surface area contributed by atoms with Crippen molar-refractivity contribution in [3.05, 3.63) is 138 Å². The molecule has 0 radical (unpaired) electrons. The van der Waals surface area contributed by atoms with Crippen LogP contribution in [0.5, 0.6) is 0 Å². The van der Waals surface area contributed by atoms with Gasteiger partial charge in [-0.05, 0) is 125 Å². The van der Waals surface area contributed by atoms with E-state index in [1.807, 2.05) is 48.4 Å². The average molecular weight is 929 g/mol. The van der Waals surface area contributed by atoms with E-state index in [4.69, 9.17) is 30.7 Å². The van der Waals surface area contributed by atoms with Crippen LogP contribution in [0.3, 0.4) is 0 Å². The highest BCUT2D eigenvalue weighted by molar-refractivity contribution is 6.32. The number of aromatic amines is 1. The lowest BCUT2D eigenvalue weighted by Crippen LogP contribution is -2.41. The molecule has 0 bridgehead atoms. The van der Waals surface area contributed by atoms with Crippen molar-refractivity contribution in [2.45, 2.75) is 96.4 Å². The lowest BCUT2D eigenvalue weighted by atomic mass is 9.83. The van der Waals surface area contributed by atoms with Crippen LogP contribution in [0.1, 0.15) is 103 Å². The first-order chi connectivity index (χ1) is 32.2. The van der Waals surface area contributed by atoms with E-state index in [2.05, 4.69) is 47.3 Å². The number of methoxy groups -OCH3 is 1. The number of fused-ring (bicyclic) bond motifs is 3. The number of rotatable bonds is 10. The van der Waals surface area contributed by atoms with Gasteiger partial charge < -0.3 is 18.9 Å². The maximum atomic E-state index is 16.4. The number of benzene rings is 3. The Labute approximate surface area is 388 Å². The van der Waals surface area contributed by atoms with E-state index in [1.165, 1.54) is 27.1 Å². The first kappa shape index (κ1) is 43.0. The molecule has 7 heterocycles. The second-order valence-electron chi connectivity index (χ2n) is 18.9. The Bertz CT molecular complexity index is 3390. The molecule has 0 spiro atoms. The SMILES string of the molecule is COCCn1ncc2c(F)c(-n3ccn(-c4c5c(nn4-c4cc(C)c(Cl)c(C)c4)CCN(C(=O)c4cc6cc([C@H]7CCOC(C)(C)C7)ccc6n4C4(c6noc(=O)[nH]6)CC4)[C@H]5C)c3=O)ccc21. The fourth-order valence-corrected chi connectivity index (χ4v) is 10.8. The lowest BCUT2D eigenvalue weighted by molar-refractivity contribution is -0.0592. The van der Waals surface area contributed by atoms with Crippen LogP contribution in [-0.2, 0) is 28.0 Å². The van der Waals surface area contributed by atoms with Crippen molar-refractivity contribution in [3.63, 3.8) is 0 Å². The van der Waals surface area contributed by atoms with E-state index in [9.17, 15) is 9.59 Å². The van der Waals surface area contributed by atoms with Gasteiger partial charge in [0.05, 0.1) is 59.0 Å². The maximum Gasteiger partial charge on any atom is 0.438 e. The number of hydrogen-bond donors (Lipinski definition) is 1. The standard InChI is InChI=1S/C49H50ClFN10O6/c1-27-21-33(22-28(2)41(27)50)61-43(58-17-16-57(47(58)64)38-10-9-37-34(42(38)51)26-52-59(37)18-20-65-6)40-29(3)56(15-11-35(40)54-61)44(62)39-24-32-23-30(31-12-19-66-48(4,5)25-31)7-8-36(32)60(39)49(13-14-49)45-53-46(63)67-55-45/h7-10,16-17,21-24,26,29,31H,11-15,18-20,25H2,1-6H3,(H,53,55,63)/t29-,31-/m0/s1. The minimum atomic E-state index is -0.803. The number of nitrogens with one attached hydrogen (secondary N) is 1. The third-order valence-electron chi connectivity index (χ3n) is 14.1. The van der Waals surface area contributed by atoms with Crippen molar-refractivity contribution in [1.29, 1.82) is 0 Å². The first-order valence-corrected chi connectivity index (χ1v) is 23.1. The molecule has 346 valence electrons. The molecular formula is C49H50ClFN10O6. The molecule has 1 amide bonds. The number of carbonyl (C=O) groups excluding carboxylic acids is 1. The Morgan fingerprint density at radius 1 is 1.03 bits per heavy atom. The van der Waals surface area contributed by atoms with Gasteiger partial charge in [-0.25, -0.2) is 18.7 Å². The number of imidazole rings is 1. The Balaban J connectivity index is 1.04. The molecule has 1 aliphatic carbocycles. The zero-order chi connectivity index (χ0) is 46.7. The van der Waals surface area contributed by atoms with E-state index in [1.54, 1.807) is 34.8 Å². The van der Waals surface area contributed by atoms with Crippen LogP contribution < -0.4 is 11.4 Å². The molecule has 1 saturated heterocycles. The Morgan fingerprint density at radius 3 is 2.51 bits per heavy atom. The molecule has 2 fully saturated rings. The summed E-state index contributed by atoms with van der Waals surface area (Å²) in [5.41, 5.74) is 5.22. The number of halogens is 2. The molecule has 11 rings (SSSR count). The Kier molecular flexibility index (Phi) is 10.1. The van der Waals surface area contributed by atoms with Crippen LogP contribution in [0.2, 0.25) is 5.02 Å². The number of H-pyrrole nitrogens is 1. The van der Waals surface area contributed by atoms with Gasteiger partial charge in [-0.1, -0.05) is 22.8 Å². The summed E-state index contributed by atoms with van der Waals surface area (Å²) in [4.78, 5) is 47.3. The molecule has 8 aromatic rings. The quantitative estimate of drug-likeness (QED) is 0.144. The summed E-state index contributed by atoms with van der Waals surface area (Å²) in [6, 6.07) is 14.9. The van der Waals surface area contributed by atoms with Gasteiger partial charge in [-0.15, -0.1) is 0 Å². The molecule has 5 aromatic heterocycles. The highest BCUT2D eigenvalue weighted by Gasteiger charge is 2.52. The average Bonchev–Trinajstić information content (AvgIpc) is 3.79. The van der Waals surface area contributed by atoms with Crippen LogP contribution in [-0.4, -0.2) is 86.7 Å². The molecular weight excluding hydrogens is 879 g/mol. The van der Waals surface area contributed by atoms with Crippen LogP contribution in [0.25, 0.3) is 39.0 Å². The molecule has 1 saturated carbocycles. The number of ether oxygens (including phenoxy) is 2. The molecule has 0 unspecified atom stereocenters. The van der Waals surface area contributed by atoms with E-state index < -0.39 is 28.8 Å². The summed E-state index contributed by atoms with van der Waals surface area (Å²) in [5.74, 6) is -0.420. The fraction of sp³-hybridized carbons (Fsp3) is 0.388. The third kappa shape index (κ3) is 6.91. The zero-order valence-corrected chi connectivity index (χ0v) is 38.9. The van der Waals surface area contributed by atoms with Gasteiger partial charge in [0.1, 0.15) is 17.1 Å². The van der Waals surface area contributed by atoms with E-state index in [0.29, 0.717) is 84.7 Å². The van der Waals surface area contributed by atoms with Gasteiger partial charge in [0, 0.05) is 60.6 Å². The number of nitrogens with zero attached hydrogens (tertiary/aromatic N) is 9. The molecule has 3 aliphatic rings. The number of aromatic nitrogens is 9. The van der Waals surface area contributed by atoms with Crippen LogP contribution in [0.15, 0.2) is 81.2 Å². The molecule has 2 aliphatic heterocycles. The van der Waals surface area contributed by atoms with Gasteiger partial charge >= 0.3 is 11.4 Å². The van der Waals surface area contributed by atoms with Crippen molar-refractivity contribution in [3.8, 4) is 17.2 Å². The summed E-state index contributed by atoms with van der Waals surface area (Å²) in [7, 11) is 1.59. The topological polar surface area (TPSA) is 165 Å². The highest BCUT2D eigenvalue weighted by atomic mass is 35.5. The van der Waals surface area contributed by atoms with E-state index in [-0.39, 0.29) is 28.5 Å². The predicted molar refractivity (Wildman–Crippen MR) is 249 cm³/mol. The normalized spacial score (nSPS) is 18.8. The second kappa shape index (κ2) is 15.8. The number of hydrogen-bond acceptors (Lipinski definition) is 9. The van der Waals surface area contributed by atoms with Crippen LogP contribution >= 0.6 is 11.6 Å². The van der Waals surface area contributed by atoms with Crippen molar-refractivity contribution in [2.24, 2.45) is 0 Å². The smallest absolute Gasteiger partial charge is 0.383 e. The Hall–Kier alpha value is -6.56. The number of amides is 1. The van der Waals surface area contributed by atoms with Crippen molar-refractivity contribution in [1.82, 2.24) is 48.3 Å². The molecule has 67 heavy (non-hydrogen) atoms. The first-order valence-electron chi connectivity index (χ1n) is 22.7. The van der Waals surface area contributed by atoms with E-state index >= 15 is 9.18 Å². The monoisotopic (exact) mass is 928 g/mol. The van der Waals surface area contributed by atoms with Gasteiger partial charge in [0.25, 0.3) is 5.91 Å². The molecule has 1 N–H and O–H groups in total. The van der Waals surface area contributed by atoms with Crippen molar-refractivity contribution >= 4 is 39.3 Å². The third-order valence-corrected chi connectivity index (χ3v) is 14.7. The summed E-state index contributed by atoms with van der Waals surface area (Å²) < 4.78 is 40.9. The minimum absolute atomic E-state index is 0.0597. The molecule has 3 aromatic carbocycles. The summed E-state index contributed by atoms with van der Waals surface area (Å²) in [5, 5.41) is 15.5. The van der Waals surface area contributed by atoms with Gasteiger partial charge in [0.15, 0.2) is 11.6 Å². The minimum Gasteiger partial charge on any atom is -0.383 e. The lowest BCUT2D eigenvalue weighted by Gasteiger charge is -2.35. The molecule has 16 nitrogen and oxygen atoms in total. The fourth-order valence-electron chi connectivity index (χ4n) is 10.6. The molecule has 18 heteroatoms. The van der Waals surface area contributed by atoms with Crippen LogP contribution in [0, 0.1) is 19.7 Å². The highest BCUT2D eigenvalue weighted by Crippen LogP contribution is 2.51.